The smallest absolute Gasteiger partial charge is 0.350 e. The van der Waals surface area contributed by atoms with E-state index in [4.69, 9.17) is 25.8 Å². The molecule has 1 saturated heterocycles. The number of benzene rings is 2. The number of halogens is 1. The van der Waals surface area contributed by atoms with E-state index in [1.165, 1.54) is 12.0 Å². The van der Waals surface area contributed by atoms with Crippen LogP contribution in [0.3, 0.4) is 0 Å². The number of esters is 1. The number of carbonyl (C=O) groups is 3. The second-order valence-electron chi connectivity index (χ2n) is 9.75. The molecule has 0 saturated carbocycles. The molecule has 0 radical (unpaired) electrons. The Balaban J connectivity index is 1.89. The molecule has 9 nitrogen and oxygen atoms in total. The van der Waals surface area contributed by atoms with Crippen molar-refractivity contribution >= 4 is 51.5 Å². The van der Waals surface area contributed by atoms with Gasteiger partial charge in [0.2, 0.25) is 0 Å². The van der Waals surface area contributed by atoms with Crippen molar-refractivity contribution in [3.8, 4) is 11.5 Å². The lowest BCUT2D eigenvalue weighted by molar-refractivity contribution is -0.132. The lowest BCUT2D eigenvalue weighted by Gasteiger charge is -2.24. The molecule has 1 unspecified atom stereocenters. The third-order valence-corrected chi connectivity index (χ3v) is 7.85. The van der Waals surface area contributed by atoms with Crippen molar-refractivity contribution in [3.63, 3.8) is 0 Å². The van der Waals surface area contributed by atoms with Crippen molar-refractivity contribution in [3.05, 3.63) is 74.8 Å². The minimum atomic E-state index is -1.08. The number of amides is 1. The number of methoxy groups -OCH3 is 1. The lowest BCUT2D eigenvalue weighted by atomic mass is 9.95. The maximum atomic E-state index is 13.5. The predicted octanol–water partition coefficient (Wildman–Crippen LogP) is 6.34. The largest absolute Gasteiger partial charge is 0.507 e. The molecule has 0 spiro atoms. The number of anilines is 1. The monoisotopic (exact) mass is 598 g/mol. The number of ether oxygens (including phenoxy) is 3. The molecule has 3 aromatic rings. The summed E-state index contributed by atoms with van der Waals surface area (Å²) in [6.07, 6.45) is 0.848. The maximum absolute atomic E-state index is 13.5. The number of thiazole rings is 1. The van der Waals surface area contributed by atoms with Gasteiger partial charge >= 0.3 is 11.9 Å². The number of hydrogen-bond acceptors (Lipinski definition) is 9. The molecule has 1 aliphatic rings. The second kappa shape index (κ2) is 12.7. The molecule has 1 aliphatic heterocycles. The molecule has 0 bridgehead atoms. The molecule has 4 rings (SSSR count). The quantitative estimate of drug-likeness (QED) is 0.124. The zero-order chi connectivity index (χ0) is 29.8. The molecule has 2 heterocycles. The van der Waals surface area contributed by atoms with Crippen LogP contribution in [0.1, 0.15) is 59.7 Å². The molecule has 1 atom stereocenters. The van der Waals surface area contributed by atoms with Crippen LogP contribution in [0.15, 0.2) is 48.0 Å². The van der Waals surface area contributed by atoms with Gasteiger partial charge in [-0.05, 0) is 68.1 Å². The zero-order valence-corrected chi connectivity index (χ0v) is 25.0. The molecular formula is C30H31ClN2O7S. The van der Waals surface area contributed by atoms with Crippen molar-refractivity contribution in [2.24, 2.45) is 5.92 Å². The van der Waals surface area contributed by atoms with Crippen LogP contribution in [0.25, 0.3) is 5.76 Å². The lowest BCUT2D eigenvalue weighted by Crippen LogP contribution is -2.29. The second-order valence-corrected chi connectivity index (χ2v) is 11.2. The summed E-state index contributed by atoms with van der Waals surface area (Å²) in [6.45, 7) is 8.49. The van der Waals surface area contributed by atoms with Crippen LogP contribution >= 0.6 is 22.9 Å². The molecule has 1 fully saturated rings. The first-order chi connectivity index (χ1) is 19.6. The van der Waals surface area contributed by atoms with Crippen molar-refractivity contribution in [1.82, 2.24) is 4.98 Å². The van der Waals surface area contributed by atoms with Crippen molar-refractivity contribution in [2.75, 3.05) is 25.2 Å². The number of hydrogen-bond donors (Lipinski definition) is 1. The van der Waals surface area contributed by atoms with E-state index in [2.05, 4.69) is 18.8 Å². The Bertz CT molecular complexity index is 1500. The zero-order valence-electron chi connectivity index (χ0n) is 23.4. The summed E-state index contributed by atoms with van der Waals surface area (Å²) in [5, 5.41) is 11.9. The first-order valence-corrected chi connectivity index (χ1v) is 14.3. The average molecular weight is 599 g/mol. The molecule has 1 amide bonds. The van der Waals surface area contributed by atoms with Crippen LogP contribution in [0.2, 0.25) is 5.02 Å². The minimum Gasteiger partial charge on any atom is -0.507 e. The highest BCUT2D eigenvalue weighted by atomic mass is 35.5. The fourth-order valence-electron chi connectivity index (χ4n) is 4.36. The van der Waals surface area contributed by atoms with Gasteiger partial charge in [0.05, 0.1) is 37.6 Å². The number of aliphatic hydroxyl groups is 1. The van der Waals surface area contributed by atoms with E-state index in [1.54, 1.807) is 49.4 Å². The fraction of sp³-hybridized carbons (Fsp3) is 0.333. The SMILES string of the molecule is CCOc1cc(C2C(=C(O)c3ccc(Cl)cc3)C(=O)C(=O)N2c2nc(C)c(C(=O)OC)s2)ccc1OCCC(C)C. The Morgan fingerprint density at radius 3 is 2.46 bits per heavy atom. The summed E-state index contributed by atoms with van der Waals surface area (Å²) in [4.78, 5) is 45.2. The summed E-state index contributed by atoms with van der Waals surface area (Å²) >= 11 is 6.95. The van der Waals surface area contributed by atoms with E-state index in [1.807, 2.05) is 6.92 Å². The summed E-state index contributed by atoms with van der Waals surface area (Å²) in [5.41, 5.74) is 0.994. The first-order valence-electron chi connectivity index (χ1n) is 13.1. The number of ketones is 1. The minimum absolute atomic E-state index is 0.111. The molecule has 2 aromatic carbocycles. The third-order valence-electron chi connectivity index (χ3n) is 6.46. The molecular weight excluding hydrogens is 568 g/mol. The Morgan fingerprint density at radius 2 is 1.83 bits per heavy atom. The standard InChI is InChI=1S/C30H31ClN2O7S/c1-6-39-22-15-19(9-12-21(22)40-14-13-16(2)3)24-23(25(34)18-7-10-20(31)11-8-18)26(35)28(36)33(24)30-32-17(4)27(41-30)29(37)38-5/h7-12,15-16,24,34H,6,13-14H2,1-5H3. The molecule has 1 N–H and O–H groups in total. The van der Waals surface area contributed by atoms with E-state index in [-0.39, 0.29) is 21.3 Å². The van der Waals surface area contributed by atoms with Gasteiger partial charge in [0, 0.05) is 10.6 Å². The third kappa shape index (κ3) is 6.23. The van der Waals surface area contributed by atoms with E-state index >= 15 is 0 Å². The molecule has 216 valence electrons. The number of aliphatic hydroxyl groups excluding tert-OH is 1. The van der Waals surface area contributed by atoms with Gasteiger partial charge < -0.3 is 19.3 Å². The Labute approximate surface area is 247 Å². The Morgan fingerprint density at radius 1 is 1.12 bits per heavy atom. The fourth-order valence-corrected chi connectivity index (χ4v) is 5.50. The van der Waals surface area contributed by atoms with Crippen molar-refractivity contribution < 1.29 is 33.7 Å². The number of Topliss-reactive ketones (excluding diaryl/α,β-unsaturated/α-hetero) is 1. The van der Waals surface area contributed by atoms with E-state index in [0.717, 1.165) is 17.8 Å². The number of nitrogens with zero attached hydrogens (tertiary/aromatic N) is 2. The number of rotatable bonds is 10. The predicted molar refractivity (Wildman–Crippen MR) is 157 cm³/mol. The molecule has 41 heavy (non-hydrogen) atoms. The van der Waals surface area contributed by atoms with Gasteiger partial charge in [-0.25, -0.2) is 9.78 Å². The molecule has 0 aliphatic carbocycles. The highest BCUT2D eigenvalue weighted by Crippen LogP contribution is 2.45. The van der Waals surface area contributed by atoms with Gasteiger partial charge in [-0.1, -0.05) is 42.9 Å². The van der Waals surface area contributed by atoms with Crippen LogP contribution in [0.5, 0.6) is 11.5 Å². The van der Waals surface area contributed by atoms with Gasteiger partial charge in [-0.15, -0.1) is 0 Å². The molecule has 11 heteroatoms. The number of aryl methyl sites for hydroxylation is 1. The van der Waals surface area contributed by atoms with Crippen molar-refractivity contribution in [1.29, 1.82) is 0 Å². The summed E-state index contributed by atoms with van der Waals surface area (Å²) in [7, 11) is 1.25. The van der Waals surface area contributed by atoms with Gasteiger partial charge in [-0.3, -0.25) is 14.5 Å². The number of carbonyl (C=O) groups excluding carboxylic acids is 3. The van der Waals surface area contributed by atoms with E-state index < -0.39 is 23.7 Å². The van der Waals surface area contributed by atoms with Crippen molar-refractivity contribution in [2.45, 2.75) is 40.2 Å². The van der Waals surface area contributed by atoms with Crippen LogP contribution in [-0.2, 0) is 14.3 Å². The summed E-state index contributed by atoms with van der Waals surface area (Å²) < 4.78 is 16.7. The molecule has 1 aromatic heterocycles. The van der Waals surface area contributed by atoms with Gasteiger partial charge in [0.25, 0.3) is 5.78 Å². The van der Waals surface area contributed by atoms with Crippen LogP contribution in [0, 0.1) is 12.8 Å². The maximum Gasteiger partial charge on any atom is 0.350 e. The van der Waals surface area contributed by atoms with Crippen LogP contribution in [-0.4, -0.2) is 48.1 Å². The summed E-state index contributed by atoms with van der Waals surface area (Å²) in [5.74, 6) is -1.38. The normalized spacial score (nSPS) is 16.4. The van der Waals surface area contributed by atoms with Gasteiger partial charge in [-0.2, -0.15) is 0 Å². The number of aromatic nitrogens is 1. The summed E-state index contributed by atoms with van der Waals surface area (Å²) in [6, 6.07) is 10.3. The van der Waals surface area contributed by atoms with Crippen LogP contribution < -0.4 is 14.4 Å². The Kier molecular flexibility index (Phi) is 9.35. The average Bonchev–Trinajstić information content (AvgIpc) is 3.45. The van der Waals surface area contributed by atoms with Gasteiger partial charge in [0.1, 0.15) is 10.6 Å². The highest BCUT2D eigenvalue weighted by molar-refractivity contribution is 7.17. The van der Waals surface area contributed by atoms with Gasteiger partial charge in [0.15, 0.2) is 16.6 Å². The topological polar surface area (TPSA) is 115 Å². The Hall–Kier alpha value is -3.89. The first kappa shape index (κ1) is 30.1. The van der Waals surface area contributed by atoms with E-state index in [9.17, 15) is 19.5 Å². The van der Waals surface area contributed by atoms with E-state index in [0.29, 0.717) is 52.5 Å². The highest BCUT2D eigenvalue weighted by Gasteiger charge is 2.48. The van der Waals surface area contributed by atoms with Crippen LogP contribution in [0.4, 0.5) is 5.13 Å².